The molecule has 20 heavy (non-hydrogen) atoms. The van der Waals surface area contributed by atoms with E-state index in [-0.39, 0.29) is 0 Å². The van der Waals surface area contributed by atoms with Crippen LogP contribution in [-0.2, 0) is 19.8 Å². The molecule has 0 rings (SSSR count). The molecule has 0 aromatic carbocycles. The molecule has 15 heteroatoms. The van der Waals surface area contributed by atoms with Crippen LogP contribution < -0.4 is 5.73 Å². The largest absolute Gasteiger partial charge is 0.464 e. The monoisotopic (exact) mass is 343 g/mol. The molecule has 1 unspecified atom stereocenters. The Morgan fingerprint density at radius 2 is 1.30 bits per heavy atom. The number of halogens is 9. The van der Waals surface area contributed by atoms with Crippen molar-refractivity contribution in [3.8, 4) is 0 Å². The maximum absolute atomic E-state index is 12.9. The molecule has 0 aromatic rings. The summed E-state index contributed by atoms with van der Waals surface area (Å²) in [5, 5.41) is -6.90. The van der Waals surface area contributed by atoms with E-state index in [2.05, 4.69) is 5.73 Å². The fourth-order valence-electron chi connectivity index (χ4n) is 0.626. The van der Waals surface area contributed by atoms with Crippen molar-refractivity contribution in [2.24, 2.45) is 5.73 Å². The van der Waals surface area contributed by atoms with E-state index in [1.54, 1.807) is 0 Å². The van der Waals surface area contributed by atoms with E-state index < -0.39 is 39.5 Å². The SMILES string of the molecule is NC(=O)C(F)(OC(F)(F)C(F)(F)S(=O)(=O)F)C(F)(F)F. The Balaban J connectivity index is 5.86. The van der Waals surface area contributed by atoms with E-state index in [1.165, 1.54) is 0 Å². The molecule has 0 saturated heterocycles. The van der Waals surface area contributed by atoms with Crippen molar-refractivity contribution in [2.75, 3.05) is 0 Å². The van der Waals surface area contributed by atoms with Gasteiger partial charge in [0.15, 0.2) is 0 Å². The molecule has 2 N–H and O–H groups in total. The van der Waals surface area contributed by atoms with Gasteiger partial charge in [-0.15, -0.1) is 0 Å². The summed E-state index contributed by atoms with van der Waals surface area (Å²) in [6.45, 7) is 0. The predicted octanol–water partition coefficient (Wildman–Crippen LogP) is 1.20. The van der Waals surface area contributed by atoms with Crippen LogP contribution in [-0.4, -0.2) is 37.7 Å². The zero-order chi connectivity index (χ0) is 16.8. The first-order valence-corrected chi connectivity index (χ1v) is 5.24. The van der Waals surface area contributed by atoms with Crippen LogP contribution in [0.25, 0.3) is 0 Å². The first kappa shape index (κ1) is 18.8. The zero-order valence-electron chi connectivity index (χ0n) is 8.52. The molecule has 1 atom stereocenters. The van der Waals surface area contributed by atoms with Crippen LogP contribution in [0.3, 0.4) is 0 Å². The van der Waals surface area contributed by atoms with Gasteiger partial charge in [-0.25, -0.2) is 0 Å². The van der Waals surface area contributed by atoms with Gasteiger partial charge in [0, 0.05) is 0 Å². The lowest BCUT2D eigenvalue weighted by atomic mass is 10.3. The molecule has 0 aromatic heterocycles. The second-order valence-corrected chi connectivity index (χ2v) is 4.42. The molecule has 1 amide bonds. The number of primary amides is 1. The molecule has 0 aliphatic rings. The summed E-state index contributed by atoms with van der Waals surface area (Å²) >= 11 is 0. The topological polar surface area (TPSA) is 86.5 Å². The van der Waals surface area contributed by atoms with Gasteiger partial charge < -0.3 is 5.73 Å². The van der Waals surface area contributed by atoms with Gasteiger partial charge in [-0.05, 0) is 0 Å². The third kappa shape index (κ3) is 2.92. The predicted molar refractivity (Wildman–Crippen MR) is 40.1 cm³/mol. The van der Waals surface area contributed by atoms with E-state index in [0.29, 0.717) is 0 Å². The molecule has 120 valence electrons. The van der Waals surface area contributed by atoms with Gasteiger partial charge in [0.2, 0.25) is 0 Å². The highest BCUT2D eigenvalue weighted by molar-refractivity contribution is 7.87. The van der Waals surface area contributed by atoms with Gasteiger partial charge in [-0.1, -0.05) is 3.89 Å². The number of alkyl halides is 8. The second kappa shape index (κ2) is 4.64. The molecule has 0 bridgehead atoms. The standard InChI is InChI=1S/C5H2F9NO4S/c6-2(1(15)16,3(7,8)9)19-4(10,11)5(12,13)20(14,17)18/h(H2,15,16). The highest BCUT2D eigenvalue weighted by atomic mass is 32.3. The normalized spacial score (nSPS) is 17.6. The van der Waals surface area contributed by atoms with Crippen molar-refractivity contribution >= 4 is 16.1 Å². The lowest BCUT2D eigenvalue weighted by molar-refractivity contribution is -0.422. The minimum Gasteiger partial charge on any atom is -0.364 e. The summed E-state index contributed by atoms with van der Waals surface area (Å²) in [4.78, 5) is 10.1. The molecule has 0 aliphatic heterocycles. The van der Waals surface area contributed by atoms with E-state index in [0.717, 1.165) is 0 Å². The Labute approximate surface area is 103 Å². The third-order valence-corrected chi connectivity index (χ3v) is 2.45. The summed E-state index contributed by atoms with van der Waals surface area (Å²) in [7, 11) is -7.50. The lowest BCUT2D eigenvalue weighted by Crippen LogP contribution is -2.61. The van der Waals surface area contributed by atoms with E-state index in [1.807, 2.05) is 4.74 Å². The number of nitrogens with two attached hydrogens (primary N) is 1. The van der Waals surface area contributed by atoms with Crippen LogP contribution in [0.15, 0.2) is 0 Å². The fourth-order valence-corrected chi connectivity index (χ4v) is 0.951. The van der Waals surface area contributed by atoms with Crippen LogP contribution in [0.1, 0.15) is 0 Å². The number of rotatable bonds is 5. The molecule has 0 aliphatic carbocycles. The summed E-state index contributed by atoms with van der Waals surface area (Å²) in [5.41, 5.74) is 3.74. The lowest BCUT2D eigenvalue weighted by Gasteiger charge is -2.30. The zero-order valence-corrected chi connectivity index (χ0v) is 9.34. The number of amides is 1. The minimum absolute atomic E-state index is 1.87. The van der Waals surface area contributed by atoms with Gasteiger partial charge in [-0.3, -0.25) is 9.53 Å². The Kier molecular flexibility index (Phi) is 4.35. The summed E-state index contributed by atoms with van der Waals surface area (Å²) < 4.78 is 132. The van der Waals surface area contributed by atoms with Crippen molar-refractivity contribution in [3.05, 3.63) is 0 Å². The van der Waals surface area contributed by atoms with Crippen LogP contribution in [0, 0.1) is 0 Å². The average molecular weight is 343 g/mol. The Hall–Kier alpha value is -1.25. The highest BCUT2D eigenvalue weighted by Gasteiger charge is 2.76. The molecule has 0 fully saturated rings. The van der Waals surface area contributed by atoms with Crippen molar-refractivity contribution in [1.29, 1.82) is 0 Å². The third-order valence-electron chi connectivity index (χ3n) is 1.60. The fraction of sp³-hybridized carbons (Fsp3) is 0.800. The smallest absolute Gasteiger partial charge is 0.364 e. The molecule has 0 spiro atoms. The molecular formula is C5H2F9NO4S. The molecule has 0 saturated carbocycles. The number of hydrogen-bond acceptors (Lipinski definition) is 4. The Morgan fingerprint density at radius 3 is 1.50 bits per heavy atom. The van der Waals surface area contributed by atoms with Crippen molar-refractivity contribution in [1.82, 2.24) is 0 Å². The summed E-state index contributed by atoms with van der Waals surface area (Å²) in [5.74, 6) is -9.51. The van der Waals surface area contributed by atoms with Gasteiger partial charge in [0.25, 0.3) is 5.91 Å². The number of ether oxygens (including phenoxy) is 1. The van der Waals surface area contributed by atoms with E-state index in [4.69, 9.17) is 0 Å². The first-order valence-electron chi connectivity index (χ1n) is 3.85. The van der Waals surface area contributed by atoms with Crippen molar-refractivity contribution in [2.45, 2.75) is 23.4 Å². The van der Waals surface area contributed by atoms with Gasteiger partial charge >= 0.3 is 33.6 Å². The molecule has 5 nitrogen and oxygen atoms in total. The van der Waals surface area contributed by atoms with E-state index in [9.17, 15) is 52.2 Å². The average Bonchev–Trinajstić information content (AvgIpc) is 2.12. The molecule has 0 heterocycles. The van der Waals surface area contributed by atoms with E-state index >= 15 is 0 Å². The first-order chi connectivity index (χ1) is 8.40. The molecule has 0 radical (unpaired) electrons. The maximum atomic E-state index is 12.9. The van der Waals surface area contributed by atoms with Gasteiger partial charge in [0.1, 0.15) is 0 Å². The minimum atomic E-state index is -7.50. The number of carbonyl (C=O) groups excluding carboxylic acids is 1. The van der Waals surface area contributed by atoms with Crippen molar-refractivity contribution < 1.29 is 57.0 Å². The second-order valence-electron chi connectivity index (χ2n) is 3.03. The summed E-state index contributed by atoms with van der Waals surface area (Å²) in [6, 6.07) is 0. The number of carbonyl (C=O) groups is 1. The highest BCUT2D eigenvalue weighted by Crippen LogP contribution is 2.47. The van der Waals surface area contributed by atoms with Gasteiger partial charge in [-0.2, -0.15) is 43.5 Å². The van der Waals surface area contributed by atoms with Crippen LogP contribution in [0.2, 0.25) is 0 Å². The quantitative estimate of drug-likeness (QED) is 0.600. The van der Waals surface area contributed by atoms with Crippen LogP contribution in [0.5, 0.6) is 0 Å². The maximum Gasteiger partial charge on any atom is 0.464 e. The van der Waals surface area contributed by atoms with Crippen LogP contribution >= 0.6 is 0 Å². The number of hydrogen-bond donors (Lipinski definition) is 1. The molecular weight excluding hydrogens is 341 g/mol. The van der Waals surface area contributed by atoms with Crippen molar-refractivity contribution in [3.63, 3.8) is 0 Å². The summed E-state index contributed by atoms with van der Waals surface area (Å²) in [6.07, 6.45) is -13.6. The van der Waals surface area contributed by atoms with Crippen LogP contribution in [0.4, 0.5) is 39.0 Å². The Bertz CT molecular complexity index is 499. The Morgan fingerprint density at radius 1 is 0.950 bits per heavy atom. The van der Waals surface area contributed by atoms with Gasteiger partial charge in [0.05, 0.1) is 0 Å².